The van der Waals surface area contributed by atoms with Crippen LogP contribution in [0.4, 0.5) is 20.2 Å². The summed E-state index contributed by atoms with van der Waals surface area (Å²) in [6.45, 7) is 0.0404. The molecule has 1 aromatic rings. The van der Waals surface area contributed by atoms with Crippen molar-refractivity contribution in [2.24, 2.45) is 0 Å². The van der Waals surface area contributed by atoms with E-state index in [2.05, 4.69) is 5.32 Å². The van der Waals surface area contributed by atoms with Crippen LogP contribution in [0.15, 0.2) is 12.1 Å². The van der Waals surface area contributed by atoms with Crippen LogP contribution in [0.1, 0.15) is 6.42 Å². The van der Waals surface area contributed by atoms with Gasteiger partial charge in [0, 0.05) is 12.8 Å². The molecule has 0 fully saturated rings. The Bertz CT molecular complexity index is 566. The fraction of sp³-hybridized carbons (Fsp3) is 0.400. The van der Waals surface area contributed by atoms with Gasteiger partial charge < -0.3 is 5.32 Å². The van der Waals surface area contributed by atoms with E-state index in [-0.39, 0.29) is 18.7 Å². The molecule has 1 rings (SSSR count). The zero-order chi connectivity index (χ0) is 14.6. The van der Waals surface area contributed by atoms with Gasteiger partial charge in [0.2, 0.25) is 0 Å². The van der Waals surface area contributed by atoms with Gasteiger partial charge in [0.05, 0.1) is 22.8 Å². The highest BCUT2D eigenvalue weighted by molar-refractivity contribution is 7.90. The van der Waals surface area contributed by atoms with E-state index < -0.39 is 37.8 Å². The molecule has 0 radical (unpaired) electrons. The summed E-state index contributed by atoms with van der Waals surface area (Å²) in [6.07, 6.45) is 1.23. The summed E-state index contributed by atoms with van der Waals surface area (Å²) >= 11 is 0. The third-order valence-electron chi connectivity index (χ3n) is 2.23. The topological polar surface area (TPSA) is 89.3 Å². The van der Waals surface area contributed by atoms with Crippen LogP contribution in [0.25, 0.3) is 0 Å². The first-order chi connectivity index (χ1) is 8.70. The van der Waals surface area contributed by atoms with E-state index >= 15 is 0 Å². The second-order valence-corrected chi connectivity index (χ2v) is 6.21. The molecule has 0 spiro atoms. The van der Waals surface area contributed by atoms with Crippen LogP contribution in [-0.4, -0.2) is 31.9 Å². The molecule has 0 aliphatic rings. The molecule has 0 saturated heterocycles. The van der Waals surface area contributed by atoms with Gasteiger partial charge in [-0.25, -0.2) is 17.2 Å². The van der Waals surface area contributed by atoms with Gasteiger partial charge in [-0.1, -0.05) is 0 Å². The summed E-state index contributed by atoms with van der Waals surface area (Å²) in [7, 11) is -3.13. The first-order valence-corrected chi connectivity index (χ1v) is 7.32. The predicted molar refractivity (Wildman–Crippen MR) is 65.8 cm³/mol. The normalized spacial score (nSPS) is 11.3. The van der Waals surface area contributed by atoms with Gasteiger partial charge in [0.1, 0.15) is 15.5 Å². The molecule has 1 N–H and O–H groups in total. The van der Waals surface area contributed by atoms with Crippen molar-refractivity contribution in [2.45, 2.75) is 6.42 Å². The van der Waals surface area contributed by atoms with E-state index in [4.69, 9.17) is 0 Å². The SMILES string of the molecule is CS(=O)(=O)CCCNc1c(F)cc([N+](=O)[O-])cc1F. The number of anilines is 1. The van der Waals surface area contributed by atoms with Crippen molar-refractivity contribution < 1.29 is 22.1 Å². The number of rotatable bonds is 6. The maximum atomic E-state index is 13.4. The van der Waals surface area contributed by atoms with Crippen LogP contribution in [0.2, 0.25) is 0 Å². The number of benzene rings is 1. The number of hydrogen-bond acceptors (Lipinski definition) is 5. The Morgan fingerprint density at radius 2 is 1.84 bits per heavy atom. The summed E-state index contributed by atoms with van der Waals surface area (Å²) in [5.74, 6) is -2.30. The Kier molecular flexibility index (Phi) is 4.76. The molecule has 6 nitrogen and oxygen atoms in total. The largest absolute Gasteiger partial charge is 0.380 e. The molecule has 1 aromatic carbocycles. The van der Waals surface area contributed by atoms with E-state index in [0.717, 1.165) is 6.26 Å². The lowest BCUT2D eigenvalue weighted by Gasteiger charge is -2.08. The number of hydrogen-bond donors (Lipinski definition) is 1. The summed E-state index contributed by atoms with van der Waals surface area (Å²) < 4.78 is 48.5. The van der Waals surface area contributed by atoms with E-state index in [1.807, 2.05) is 0 Å². The highest BCUT2D eigenvalue weighted by Gasteiger charge is 2.16. The summed E-state index contributed by atoms with van der Waals surface area (Å²) in [4.78, 5) is 9.47. The summed E-state index contributed by atoms with van der Waals surface area (Å²) in [5, 5.41) is 12.8. The van der Waals surface area contributed by atoms with Crippen molar-refractivity contribution in [3.8, 4) is 0 Å². The van der Waals surface area contributed by atoms with Crippen LogP contribution in [0.5, 0.6) is 0 Å². The molecule has 9 heteroatoms. The Morgan fingerprint density at radius 1 is 1.32 bits per heavy atom. The molecule has 106 valence electrons. The zero-order valence-electron chi connectivity index (χ0n) is 10.0. The lowest BCUT2D eigenvalue weighted by molar-refractivity contribution is -0.385. The number of non-ortho nitro benzene ring substituents is 1. The summed E-state index contributed by atoms with van der Waals surface area (Å²) in [6, 6.07) is 1.20. The molecule has 0 aromatic heterocycles. The van der Waals surface area contributed by atoms with Gasteiger partial charge in [0.15, 0.2) is 11.6 Å². The quantitative estimate of drug-likeness (QED) is 0.490. The molecular formula is C10H12F2N2O4S. The van der Waals surface area contributed by atoms with Crippen LogP contribution in [-0.2, 0) is 9.84 Å². The summed E-state index contributed by atoms with van der Waals surface area (Å²) in [5.41, 5.74) is -1.18. The van der Waals surface area contributed by atoms with E-state index in [1.54, 1.807) is 0 Å². The molecule has 0 aliphatic heterocycles. The molecule has 0 aliphatic carbocycles. The molecular weight excluding hydrogens is 282 g/mol. The van der Waals surface area contributed by atoms with Crippen molar-refractivity contribution in [3.05, 3.63) is 33.9 Å². The molecule has 19 heavy (non-hydrogen) atoms. The van der Waals surface area contributed by atoms with Crippen LogP contribution in [0.3, 0.4) is 0 Å². The molecule has 0 heterocycles. The lowest BCUT2D eigenvalue weighted by atomic mass is 10.2. The predicted octanol–water partition coefficient (Wildman–Crippen LogP) is 1.72. The second-order valence-electron chi connectivity index (χ2n) is 3.95. The molecule has 0 amide bonds. The van der Waals surface area contributed by atoms with E-state index in [9.17, 15) is 27.3 Å². The molecule has 0 bridgehead atoms. The zero-order valence-corrected chi connectivity index (χ0v) is 10.8. The Hall–Kier alpha value is -1.77. The molecule has 0 atom stereocenters. The number of nitrogens with one attached hydrogen (secondary N) is 1. The van der Waals surface area contributed by atoms with Gasteiger partial charge in [-0.05, 0) is 6.42 Å². The number of nitrogens with zero attached hydrogens (tertiary/aromatic N) is 1. The van der Waals surface area contributed by atoms with Gasteiger partial charge in [0.25, 0.3) is 5.69 Å². The standard InChI is InChI=1S/C10H12F2N2O4S/c1-19(17,18)4-2-3-13-10-8(11)5-7(14(15)16)6-9(10)12/h5-6,13H,2-4H2,1H3. The highest BCUT2D eigenvalue weighted by Crippen LogP contribution is 2.24. The second kappa shape index (κ2) is 5.91. The van der Waals surface area contributed by atoms with Crippen molar-refractivity contribution in [1.29, 1.82) is 0 Å². The van der Waals surface area contributed by atoms with Crippen molar-refractivity contribution in [3.63, 3.8) is 0 Å². The average Bonchev–Trinajstić information content (AvgIpc) is 2.25. The maximum absolute atomic E-state index is 13.4. The first kappa shape index (κ1) is 15.3. The minimum absolute atomic E-state index is 0.0404. The van der Waals surface area contributed by atoms with Gasteiger partial charge in [-0.15, -0.1) is 0 Å². The van der Waals surface area contributed by atoms with Crippen LogP contribution >= 0.6 is 0 Å². The van der Waals surface area contributed by atoms with E-state index in [0.29, 0.717) is 12.1 Å². The minimum atomic E-state index is -3.13. The number of sulfone groups is 1. The van der Waals surface area contributed by atoms with Gasteiger partial charge >= 0.3 is 0 Å². The minimum Gasteiger partial charge on any atom is -0.380 e. The van der Waals surface area contributed by atoms with Crippen LogP contribution < -0.4 is 5.32 Å². The fourth-order valence-corrected chi connectivity index (χ4v) is 2.05. The van der Waals surface area contributed by atoms with E-state index in [1.165, 1.54) is 0 Å². The number of nitro groups is 1. The fourth-order valence-electron chi connectivity index (χ4n) is 1.38. The van der Waals surface area contributed by atoms with Crippen molar-refractivity contribution in [1.82, 2.24) is 0 Å². The third-order valence-corrected chi connectivity index (χ3v) is 3.26. The van der Waals surface area contributed by atoms with Crippen molar-refractivity contribution >= 4 is 21.2 Å². The van der Waals surface area contributed by atoms with Gasteiger partial charge in [-0.3, -0.25) is 10.1 Å². The molecule has 0 unspecified atom stereocenters. The van der Waals surface area contributed by atoms with Crippen molar-refractivity contribution in [2.75, 3.05) is 23.9 Å². The number of halogens is 2. The smallest absolute Gasteiger partial charge is 0.275 e. The number of nitro benzene ring substituents is 1. The van der Waals surface area contributed by atoms with Gasteiger partial charge in [-0.2, -0.15) is 0 Å². The Morgan fingerprint density at radius 3 is 2.26 bits per heavy atom. The highest BCUT2D eigenvalue weighted by atomic mass is 32.2. The third kappa shape index (κ3) is 4.78. The maximum Gasteiger partial charge on any atom is 0.275 e. The monoisotopic (exact) mass is 294 g/mol. The molecule has 0 saturated carbocycles. The Labute approximate surface area is 108 Å². The Balaban J connectivity index is 2.72. The first-order valence-electron chi connectivity index (χ1n) is 5.26. The average molecular weight is 294 g/mol. The van der Waals surface area contributed by atoms with Crippen LogP contribution in [0, 0.1) is 21.7 Å². The lowest BCUT2D eigenvalue weighted by Crippen LogP contribution is -2.11.